The highest BCUT2D eigenvalue weighted by atomic mass is 16.5. The van der Waals surface area contributed by atoms with E-state index in [4.69, 9.17) is 4.74 Å². The van der Waals surface area contributed by atoms with Crippen LogP contribution in [0.5, 0.6) is 0 Å². The molecular weight excluding hydrogens is 745 g/mol. The van der Waals surface area contributed by atoms with E-state index in [-0.39, 0.29) is 37.2 Å². The van der Waals surface area contributed by atoms with Crippen LogP contribution in [0.3, 0.4) is 0 Å². The fraction of sp³-hybridized carbons (Fsp3) is 0.426. The van der Waals surface area contributed by atoms with Gasteiger partial charge in [-0.15, -0.1) is 0 Å². The van der Waals surface area contributed by atoms with Crippen LogP contribution in [-0.4, -0.2) is 94.8 Å². The zero-order valence-electron chi connectivity index (χ0n) is 35.2. The first-order chi connectivity index (χ1) is 28.1. The quantitative estimate of drug-likeness (QED) is 0.0911. The van der Waals surface area contributed by atoms with Crippen LogP contribution >= 0.6 is 0 Å². The van der Waals surface area contributed by atoms with Crippen molar-refractivity contribution in [2.45, 2.75) is 91.1 Å². The van der Waals surface area contributed by atoms with Gasteiger partial charge >= 0.3 is 12.1 Å². The molecule has 1 aliphatic heterocycles. The molecule has 12 nitrogen and oxygen atoms in total. The van der Waals surface area contributed by atoms with Crippen molar-refractivity contribution in [2.75, 3.05) is 26.7 Å². The van der Waals surface area contributed by atoms with E-state index in [0.29, 0.717) is 32.5 Å². The Morgan fingerprint density at radius 3 is 2.05 bits per heavy atom. The van der Waals surface area contributed by atoms with Crippen LogP contribution in [0, 0.1) is 10.8 Å². The molecule has 3 aromatic carbocycles. The molecule has 5 amide bonds. The maximum absolute atomic E-state index is 14.5. The van der Waals surface area contributed by atoms with E-state index in [1.54, 1.807) is 22.2 Å². The second-order valence-electron chi connectivity index (χ2n) is 17.4. The molecule has 314 valence electrons. The van der Waals surface area contributed by atoms with Gasteiger partial charge in [0.1, 0.15) is 6.04 Å². The summed E-state index contributed by atoms with van der Waals surface area (Å²) in [4.78, 5) is 61.6. The third kappa shape index (κ3) is 13.1. The number of nitrogens with zero attached hydrogens (tertiary/aromatic N) is 3. The second-order valence-corrected chi connectivity index (χ2v) is 17.4. The minimum absolute atomic E-state index is 0.0722. The van der Waals surface area contributed by atoms with Crippen molar-refractivity contribution in [1.29, 1.82) is 0 Å². The molecule has 0 bridgehead atoms. The van der Waals surface area contributed by atoms with Gasteiger partial charge in [-0.25, -0.2) is 9.59 Å². The number of carbonyl (C=O) groups is 4. The van der Waals surface area contributed by atoms with E-state index in [1.165, 1.54) is 7.11 Å². The Balaban J connectivity index is 1.37. The number of aromatic nitrogens is 1. The highest BCUT2D eigenvalue weighted by molar-refractivity contribution is 5.89. The van der Waals surface area contributed by atoms with E-state index in [1.807, 2.05) is 132 Å². The lowest BCUT2D eigenvalue weighted by Crippen LogP contribution is -2.57. The van der Waals surface area contributed by atoms with E-state index in [0.717, 1.165) is 27.8 Å². The number of nitrogens with one attached hydrogen (secondary N) is 3. The van der Waals surface area contributed by atoms with E-state index < -0.39 is 41.2 Å². The maximum atomic E-state index is 14.5. The largest absolute Gasteiger partial charge is 0.453 e. The van der Waals surface area contributed by atoms with Crippen molar-refractivity contribution in [3.63, 3.8) is 0 Å². The zero-order chi connectivity index (χ0) is 42.6. The first-order valence-electron chi connectivity index (χ1n) is 20.3. The monoisotopic (exact) mass is 804 g/mol. The number of urea groups is 1. The van der Waals surface area contributed by atoms with Gasteiger partial charge in [0.25, 0.3) is 0 Å². The van der Waals surface area contributed by atoms with Crippen molar-refractivity contribution in [1.82, 2.24) is 30.7 Å². The van der Waals surface area contributed by atoms with E-state index >= 15 is 0 Å². The molecule has 1 aliphatic rings. The lowest BCUT2D eigenvalue weighted by Gasteiger charge is -2.38. The van der Waals surface area contributed by atoms with Crippen LogP contribution in [0.2, 0.25) is 0 Å². The first kappa shape index (κ1) is 44.4. The molecule has 4 N–H and O–H groups in total. The van der Waals surface area contributed by atoms with Crippen LogP contribution in [0.4, 0.5) is 9.59 Å². The summed E-state index contributed by atoms with van der Waals surface area (Å²) in [7, 11) is 1.29. The van der Waals surface area contributed by atoms with Crippen molar-refractivity contribution in [3.8, 4) is 11.1 Å². The topological polar surface area (TPSA) is 153 Å². The number of aliphatic hydroxyl groups is 1. The number of hydrogen-bond donors (Lipinski definition) is 4. The number of rotatable bonds is 18. The van der Waals surface area contributed by atoms with Gasteiger partial charge in [0.05, 0.1) is 19.3 Å². The predicted molar refractivity (Wildman–Crippen MR) is 229 cm³/mol. The smallest absolute Gasteiger partial charge is 0.406 e. The summed E-state index contributed by atoms with van der Waals surface area (Å²) in [5.41, 5.74) is 3.62. The first-order valence-corrected chi connectivity index (χ1v) is 20.3. The molecule has 1 saturated heterocycles. The number of amides is 5. The van der Waals surface area contributed by atoms with Gasteiger partial charge in [0.15, 0.2) is 0 Å². The average molecular weight is 805 g/mol. The molecule has 0 saturated carbocycles. The molecular formula is C47H60N6O6. The predicted octanol–water partition coefficient (Wildman–Crippen LogP) is 6.38. The average Bonchev–Trinajstić information content (AvgIpc) is 3.55. The van der Waals surface area contributed by atoms with Gasteiger partial charge in [-0.05, 0) is 64.0 Å². The van der Waals surface area contributed by atoms with Crippen LogP contribution in [0.25, 0.3) is 11.1 Å². The second kappa shape index (κ2) is 20.3. The number of aliphatic hydroxyl groups excluding tert-OH is 1. The summed E-state index contributed by atoms with van der Waals surface area (Å²) < 4.78 is 4.71. The maximum Gasteiger partial charge on any atom is 0.406 e. The van der Waals surface area contributed by atoms with Crippen molar-refractivity contribution < 1.29 is 29.0 Å². The molecule has 0 spiro atoms. The number of carbonyl (C=O) groups excluding carboxylic acids is 4. The van der Waals surface area contributed by atoms with Crippen molar-refractivity contribution in [2.24, 2.45) is 10.8 Å². The van der Waals surface area contributed by atoms with Gasteiger partial charge in [0.2, 0.25) is 11.8 Å². The fourth-order valence-corrected chi connectivity index (χ4v) is 7.66. The molecule has 0 radical (unpaired) electrons. The summed E-state index contributed by atoms with van der Waals surface area (Å²) >= 11 is 0. The number of ether oxygens (including phenoxy) is 1. The molecule has 0 aliphatic carbocycles. The van der Waals surface area contributed by atoms with E-state index in [2.05, 4.69) is 20.9 Å². The number of methoxy groups -OCH3 is 1. The zero-order valence-corrected chi connectivity index (χ0v) is 35.2. The minimum Gasteiger partial charge on any atom is -0.453 e. The molecule has 4 atom stereocenters. The lowest BCUT2D eigenvalue weighted by atomic mass is 9.84. The van der Waals surface area contributed by atoms with Crippen LogP contribution in [-0.2, 0) is 33.7 Å². The highest BCUT2D eigenvalue weighted by Crippen LogP contribution is 2.29. The minimum atomic E-state index is -1.08. The molecule has 1 aromatic heterocycles. The van der Waals surface area contributed by atoms with Gasteiger partial charge in [-0.1, -0.05) is 126 Å². The summed E-state index contributed by atoms with van der Waals surface area (Å²) in [6.45, 7) is 11.2. The molecule has 1 fully saturated rings. The Bertz CT molecular complexity index is 1970. The normalized spacial score (nSPS) is 15.2. The summed E-state index contributed by atoms with van der Waals surface area (Å²) in [6, 6.07) is 29.1. The lowest BCUT2D eigenvalue weighted by molar-refractivity contribution is -0.130. The third-order valence-corrected chi connectivity index (χ3v) is 10.7. The molecule has 59 heavy (non-hydrogen) atoms. The Labute approximate surface area is 348 Å². The van der Waals surface area contributed by atoms with Gasteiger partial charge < -0.3 is 35.6 Å². The Kier molecular flexibility index (Phi) is 15.3. The standard InChI is InChI=1S/C47H60N6O6/c1-46(2,3)42(53-25-24-52(45(53)58)31-35-16-11-8-12-17-35)43(56)50-38(26-33-14-9-7-10-15-33)28-40(54)39(51-41(55)29-47(4,5)32-49-44(57)59-6)27-34-19-21-36(22-20-34)37-18-13-23-48-30-37/h7-23,30,38-40,42,54H,24-29,31-32H2,1-6H3,(H,49,57)(H,50,56)(H,51,55). The molecule has 5 rings (SSSR count). The Morgan fingerprint density at radius 2 is 1.44 bits per heavy atom. The van der Waals surface area contributed by atoms with Gasteiger partial charge in [-0.2, -0.15) is 0 Å². The molecule has 4 aromatic rings. The highest BCUT2D eigenvalue weighted by Gasteiger charge is 2.44. The Morgan fingerprint density at radius 1 is 0.797 bits per heavy atom. The fourth-order valence-electron chi connectivity index (χ4n) is 7.66. The molecule has 12 heteroatoms. The van der Waals surface area contributed by atoms with Gasteiger partial charge in [-0.3, -0.25) is 14.6 Å². The summed E-state index contributed by atoms with van der Waals surface area (Å²) in [6.07, 6.45) is 2.79. The van der Waals surface area contributed by atoms with Crippen LogP contribution < -0.4 is 16.0 Å². The number of hydrogen-bond acceptors (Lipinski definition) is 7. The Hall–Kier alpha value is -5.75. The molecule has 2 heterocycles. The van der Waals surface area contributed by atoms with Crippen LogP contribution in [0.15, 0.2) is 109 Å². The number of pyridine rings is 1. The van der Waals surface area contributed by atoms with Crippen LogP contribution in [0.1, 0.15) is 64.2 Å². The van der Waals surface area contributed by atoms with E-state index in [9.17, 15) is 24.3 Å². The van der Waals surface area contributed by atoms with Crippen molar-refractivity contribution in [3.05, 3.63) is 126 Å². The summed E-state index contributed by atoms with van der Waals surface area (Å²) in [5, 5.41) is 21.2. The third-order valence-electron chi connectivity index (χ3n) is 10.7. The van der Waals surface area contributed by atoms with Gasteiger partial charge in [0, 0.05) is 51.0 Å². The summed E-state index contributed by atoms with van der Waals surface area (Å²) in [5.74, 6) is -0.589. The number of benzene rings is 3. The molecule has 4 unspecified atom stereocenters. The van der Waals surface area contributed by atoms with Crippen molar-refractivity contribution >= 4 is 23.9 Å². The number of alkyl carbamates (subject to hydrolysis) is 1. The SMILES string of the molecule is COC(=O)NCC(C)(C)CC(=O)NC(Cc1ccc(-c2cccnc2)cc1)C(O)CC(Cc1ccccc1)NC(=O)C(N1CCN(Cc2ccccc2)C1=O)C(C)(C)C.